The first-order valence-electron chi connectivity index (χ1n) is 8.61. The summed E-state index contributed by atoms with van der Waals surface area (Å²) in [4.78, 5) is 2.42. The summed E-state index contributed by atoms with van der Waals surface area (Å²) in [7, 11) is 0. The van der Waals surface area contributed by atoms with Crippen LogP contribution < -0.4 is 10.1 Å². The Morgan fingerprint density at radius 1 is 1.00 bits per heavy atom. The fourth-order valence-corrected chi connectivity index (χ4v) is 2.68. The van der Waals surface area contributed by atoms with E-state index >= 15 is 0 Å². The minimum absolute atomic E-state index is 0.487. The lowest BCUT2D eigenvalue weighted by Crippen LogP contribution is -2.31. The second-order valence-corrected chi connectivity index (χ2v) is 6.13. The summed E-state index contributed by atoms with van der Waals surface area (Å²) in [6, 6.07) is 16.0. The molecule has 0 heterocycles. The van der Waals surface area contributed by atoms with Gasteiger partial charge in [-0.25, -0.2) is 0 Å². The van der Waals surface area contributed by atoms with E-state index in [1.54, 1.807) is 0 Å². The number of hydrogen-bond acceptors (Lipinski definition) is 3. The summed E-state index contributed by atoms with van der Waals surface area (Å²) in [5.41, 5.74) is 2.26. The van der Waals surface area contributed by atoms with Crippen molar-refractivity contribution in [2.45, 2.75) is 27.0 Å². The van der Waals surface area contributed by atoms with Crippen LogP contribution in [0.4, 0.5) is 0 Å². The highest BCUT2D eigenvalue weighted by Crippen LogP contribution is 2.18. The third kappa shape index (κ3) is 6.16. The molecule has 0 fully saturated rings. The molecule has 0 aliphatic carbocycles. The summed E-state index contributed by atoms with van der Waals surface area (Å²) in [5.74, 6) is 0.863. The predicted octanol–water partition coefficient (Wildman–Crippen LogP) is 4.35. The number of rotatable bonds is 10. The van der Waals surface area contributed by atoms with Crippen LogP contribution in [0, 0.1) is 0 Å². The second kappa shape index (κ2) is 10.3. The van der Waals surface area contributed by atoms with Gasteiger partial charge in [0.15, 0.2) is 0 Å². The molecule has 2 aromatic carbocycles. The number of halogens is 1. The average Bonchev–Trinajstić information content (AvgIpc) is 2.62. The number of nitrogens with one attached hydrogen (secondary N) is 1. The lowest BCUT2D eigenvalue weighted by atomic mass is 10.2. The van der Waals surface area contributed by atoms with Crippen LogP contribution in [0.3, 0.4) is 0 Å². The summed E-state index contributed by atoms with van der Waals surface area (Å²) in [5, 5.41) is 4.23. The highest BCUT2D eigenvalue weighted by atomic mass is 35.5. The fraction of sp³-hybridized carbons (Fsp3) is 0.400. The topological polar surface area (TPSA) is 24.5 Å². The number of nitrogens with zero attached hydrogens (tertiary/aromatic N) is 1. The summed E-state index contributed by atoms with van der Waals surface area (Å²) in [6.07, 6.45) is 0. The van der Waals surface area contributed by atoms with Gasteiger partial charge in [-0.05, 0) is 36.9 Å². The molecule has 4 heteroatoms. The highest BCUT2D eigenvalue weighted by molar-refractivity contribution is 6.31. The average molecular weight is 347 g/mol. The Labute approximate surface area is 150 Å². The summed E-state index contributed by atoms with van der Waals surface area (Å²) < 4.78 is 5.80. The Morgan fingerprint density at radius 3 is 2.38 bits per heavy atom. The molecular weight excluding hydrogens is 320 g/mol. The van der Waals surface area contributed by atoms with Crippen molar-refractivity contribution in [3.63, 3.8) is 0 Å². The molecule has 0 aliphatic heterocycles. The Kier molecular flexibility index (Phi) is 8.10. The third-order valence-electron chi connectivity index (χ3n) is 4.10. The van der Waals surface area contributed by atoms with Gasteiger partial charge < -0.3 is 15.0 Å². The molecule has 24 heavy (non-hydrogen) atoms. The second-order valence-electron chi connectivity index (χ2n) is 5.73. The molecule has 0 amide bonds. The van der Waals surface area contributed by atoms with Gasteiger partial charge in [0.25, 0.3) is 0 Å². The zero-order valence-electron chi connectivity index (χ0n) is 14.6. The molecular formula is C20H27ClN2O. The molecule has 0 saturated heterocycles. The van der Waals surface area contributed by atoms with Crippen molar-refractivity contribution >= 4 is 11.6 Å². The van der Waals surface area contributed by atoms with Gasteiger partial charge in [-0.1, -0.05) is 55.8 Å². The van der Waals surface area contributed by atoms with Crippen LogP contribution in [0.1, 0.15) is 25.0 Å². The Bertz CT molecular complexity index is 597. The minimum Gasteiger partial charge on any atom is -0.489 e. The van der Waals surface area contributed by atoms with Crippen molar-refractivity contribution in [1.29, 1.82) is 0 Å². The molecule has 0 aromatic heterocycles. The molecule has 1 N–H and O–H groups in total. The maximum Gasteiger partial charge on any atom is 0.119 e. The zero-order valence-corrected chi connectivity index (χ0v) is 15.4. The molecule has 3 nitrogen and oxygen atoms in total. The Balaban J connectivity index is 1.73. The minimum atomic E-state index is 0.487. The van der Waals surface area contributed by atoms with E-state index in [-0.39, 0.29) is 0 Å². The standard InChI is InChI=1S/C20H27ClN2O/c1-3-23(4-2)14-13-22-15-17-9-11-19(12-10-17)24-16-18-7-5-6-8-20(18)21/h5-12,22H,3-4,13-16H2,1-2H3. The first-order valence-corrected chi connectivity index (χ1v) is 8.99. The lowest BCUT2D eigenvalue weighted by molar-refractivity contribution is 0.302. The van der Waals surface area contributed by atoms with E-state index in [1.165, 1.54) is 5.56 Å². The van der Waals surface area contributed by atoms with Gasteiger partial charge in [-0.2, -0.15) is 0 Å². The third-order valence-corrected chi connectivity index (χ3v) is 4.47. The van der Waals surface area contributed by atoms with Crippen LogP contribution in [0.25, 0.3) is 0 Å². The SMILES string of the molecule is CCN(CC)CCNCc1ccc(OCc2ccccc2Cl)cc1. The molecule has 0 bridgehead atoms. The van der Waals surface area contributed by atoms with Crippen molar-refractivity contribution in [2.75, 3.05) is 26.2 Å². The number of benzene rings is 2. The lowest BCUT2D eigenvalue weighted by Gasteiger charge is -2.18. The largest absolute Gasteiger partial charge is 0.489 e. The van der Waals surface area contributed by atoms with E-state index in [9.17, 15) is 0 Å². The summed E-state index contributed by atoms with van der Waals surface area (Å²) in [6.45, 7) is 10.1. The van der Waals surface area contributed by atoms with Crippen LogP contribution in [-0.4, -0.2) is 31.1 Å². The smallest absolute Gasteiger partial charge is 0.119 e. The summed E-state index contributed by atoms with van der Waals surface area (Å²) >= 11 is 6.14. The van der Waals surface area contributed by atoms with Gasteiger partial charge in [-0.15, -0.1) is 0 Å². The van der Waals surface area contributed by atoms with Crippen molar-refractivity contribution in [1.82, 2.24) is 10.2 Å². The number of ether oxygens (including phenoxy) is 1. The molecule has 0 radical (unpaired) electrons. The van der Waals surface area contributed by atoms with Crippen LogP contribution in [0.2, 0.25) is 5.02 Å². The Hall–Kier alpha value is -1.55. The first kappa shape index (κ1) is 18.8. The van der Waals surface area contributed by atoms with Crippen molar-refractivity contribution in [3.8, 4) is 5.75 Å². The van der Waals surface area contributed by atoms with Gasteiger partial charge >= 0.3 is 0 Å². The molecule has 130 valence electrons. The van der Waals surface area contributed by atoms with Gasteiger partial charge in [0, 0.05) is 30.2 Å². The molecule has 0 aliphatic rings. The molecule has 0 atom stereocenters. The molecule has 0 saturated carbocycles. The van der Waals surface area contributed by atoms with E-state index < -0.39 is 0 Å². The van der Waals surface area contributed by atoms with Gasteiger partial charge in [0.1, 0.15) is 12.4 Å². The zero-order chi connectivity index (χ0) is 17.2. The van der Waals surface area contributed by atoms with Crippen LogP contribution >= 0.6 is 11.6 Å². The fourth-order valence-electron chi connectivity index (χ4n) is 2.49. The first-order chi connectivity index (χ1) is 11.7. The van der Waals surface area contributed by atoms with Crippen molar-refractivity contribution in [2.24, 2.45) is 0 Å². The Morgan fingerprint density at radius 2 is 1.71 bits per heavy atom. The predicted molar refractivity (Wildman–Crippen MR) is 102 cm³/mol. The van der Waals surface area contributed by atoms with E-state index in [4.69, 9.17) is 16.3 Å². The van der Waals surface area contributed by atoms with E-state index in [0.29, 0.717) is 6.61 Å². The molecule has 0 spiro atoms. The van der Waals surface area contributed by atoms with Crippen LogP contribution in [0.5, 0.6) is 5.75 Å². The molecule has 2 rings (SSSR count). The maximum atomic E-state index is 6.14. The van der Waals surface area contributed by atoms with Crippen molar-refractivity contribution in [3.05, 3.63) is 64.7 Å². The van der Waals surface area contributed by atoms with Gasteiger partial charge in [-0.3, -0.25) is 0 Å². The van der Waals surface area contributed by atoms with Crippen LogP contribution in [-0.2, 0) is 13.2 Å². The highest BCUT2D eigenvalue weighted by Gasteiger charge is 2.01. The van der Waals surface area contributed by atoms with E-state index in [1.807, 2.05) is 36.4 Å². The van der Waals surface area contributed by atoms with E-state index in [0.717, 1.165) is 49.1 Å². The van der Waals surface area contributed by atoms with E-state index in [2.05, 4.69) is 36.2 Å². The van der Waals surface area contributed by atoms with Crippen molar-refractivity contribution < 1.29 is 4.74 Å². The number of hydrogen-bond donors (Lipinski definition) is 1. The monoisotopic (exact) mass is 346 g/mol. The molecule has 2 aromatic rings. The quantitative estimate of drug-likeness (QED) is 0.647. The van der Waals surface area contributed by atoms with Gasteiger partial charge in [0.2, 0.25) is 0 Å². The maximum absolute atomic E-state index is 6.14. The normalized spacial score (nSPS) is 11.0. The van der Waals surface area contributed by atoms with Crippen LogP contribution in [0.15, 0.2) is 48.5 Å². The molecule has 0 unspecified atom stereocenters. The van der Waals surface area contributed by atoms with Gasteiger partial charge in [0.05, 0.1) is 0 Å². The number of likely N-dealkylation sites (N-methyl/N-ethyl adjacent to an activating group) is 1.